The molecule has 0 spiro atoms. The van der Waals surface area contributed by atoms with Crippen LogP contribution in [-0.2, 0) is 19.1 Å². The molecule has 8 atom stereocenters. The van der Waals surface area contributed by atoms with Gasteiger partial charge in [-0.15, -0.1) is 0 Å². The number of fused-ring (bicyclic) bond motifs is 5. The van der Waals surface area contributed by atoms with Gasteiger partial charge < -0.3 is 14.7 Å². The highest BCUT2D eigenvalue weighted by atomic mass is 19.1. The summed E-state index contributed by atoms with van der Waals surface area (Å²) in [4.78, 5) is 39.8. The maximum atomic E-state index is 17.5. The smallest absolute Gasteiger partial charge is 0.303 e. The highest BCUT2D eigenvalue weighted by Gasteiger charge is 2.75. The number of hydrogen-bond donors (Lipinski definition) is 1. The Morgan fingerprint density at radius 1 is 1.23 bits per heavy atom. The summed E-state index contributed by atoms with van der Waals surface area (Å²) in [5, 5.41) is 11.7. The fourth-order valence-electron chi connectivity index (χ4n) is 8.50. The standard InChI is InChI=1S/C31H45F2NO5/c1-19(35)39-17-26(38)30(18-34(7)13-12-27(2,3)4)11-9-21-22-15-24(32)23-14-20(36)8-10-28(23,5)31(22,33)25(37)16-29(21,30)6/h8,10,14,21-22,24-25,37H,9,11-13,15-18H2,1-7H3/t21?,22-,24-,25-,28-,29-,30-,31-/m0/s1. The minimum Gasteiger partial charge on any atom is -0.458 e. The third-order valence-corrected chi connectivity index (χ3v) is 10.7. The Balaban J connectivity index is 1.75. The van der Waals surface area contributed by atoms with Crippen LogP contribution < -0.4 is 0 Å². The molecule has 0 aliphatic heterocycles. The number of hydrogen-bond acceptors (Lipinski definition) is 6. The van der Waals surface area contributed by atoms with E-state index in [4.69, 9.17) is 4.74 Å². The molecule has 3 fully saturated rings. The summed E-state index contributed by atoms with van der Waals surface area (Å²) in [6.07, 6.45) is 2.62. The van der Waals surface area contributed by atoms with Crippen LogP contribution in [0.3, 0.4) is 0 Å². The van der Waals surface area contributed by atoms with Crippen molar-refractivity contribution in [2.75, 3.05) is 26.7 Å². The van der Waals surface area contributed by atoms with Gasteiger partial charge in [-0.1, -0.05) is 33.8 Å². The second kappa shape index (κ2) is 9.86. The molecule has 1 N–H and O–H groups in total. The molecule has 39 heavy (non-hydrogen) atoms. The SMILES string of the molecule is CC(=O)OCC(=O)[C@@]1(CN(C)CCC(C)(C)C)CCC2[C@@H]3C[C@H](F)C4=CC(=O)C=C[C@]4(C)[C@@]3(F)[C@@H](O)C[C@@]21C. The van der Waals surface area contributed by atoms with Gasteiger partial charge in [0.25, 0.3) is 0 Å². The summed E-state index contributed by atoms with van der Waals surface area (Å²) in [6, 6.07) is 0. The van der Waals surface area contributed by atoms with E-state index in [0.717, 1.165) is 13.0 Å². The molecule has 0 heterocycles. The highest BCUT2D eigenvalue weighted by Crippen LogP contribution is 2.72. The Bertz CT molecular complexity index is 1100. The van der Waals surface area contributed by atoms with Crippen molar-refractivity contribution in [1.29, 1.82) is 0 Å². The number of rotatable bonds is 7. The van der Waals surface area contributed by atoms with Gasteiger partial charge in [0, 0.05) is 24.8 Å². The summed E-state index contributed by atoms with van der Waals surface area (Å²) in [5.74, 6) is -2.37. The first-order valence-electron chi connectivity index (χ1n) is 14.2. The molecule has 8 heteroatoms. The highest BCUT2D eigenvalue weighted by molar-refractivity contribution is 6.01. The van der Waals surface area contributed by atoms with E-state index in [1.165, 1.54) is 25.2 Å². The van der Waals surface area contributed by atoms with E-state index in [-0.39, 0.29) is 47.9 Å². The molecular formula is C31H45F2NO5. The third kappa shape index (κ3) is 4.63. The molecule has 6 nitrogen and oxygen atoms in total. The Morgan fingerprint density at radius 2 is 1.90 bits per heavy atom. The van der Waals surface area contributed by atoms with Crippen LogP contribution >= 0.6 is 0 Å². The van der Waals surface area contributed by atoms with Crippen molar-refractivity contribution >= 4 is 17.5 Å². The molecule has 0 bridgehead atoms. The largest absolute Gasteiger partial charge is 0.458 e. The van der Waals surface area contributed by atoms with Crippen molar-refractivity contribution in [1.82, 2.24) is 4.90 Å². The van der Waals surface area contributed by atoms with Gasteiger partial charge in [-0.2, -0.15) is 0 Å². The first kappa shape index (κ1) is 30.0. The molecular weight excluding hydrogens is 504 g/mol. The van der Waals surface area contributed by atoms with Crippen LogP contribution in [-0.4, -0.2) is 72.2 Å². The molecule has 4 aliphatic carbocycles. The van der Waals surface area contributed by atoms with Crippen LogP contribution in [0.2, 0.25) is 0 Å². The zero-order valence-corrected chi connectivity index (χ0v) is 24.5. The number of alkyl halides is 2. The van der Waals surface area contributed by atoms with Gasteiger partial charge in [-0.3, -0.25) is 14.4 Å². The quantitative estimate of drug-likeness (QED) is 0.460. The number of esters is 1. The summed E-state index contributed by atoms with van der Waals surface area (Å²) in [6.45, 7) is 12.0. The van der Waals surface area contributed by atoms with Gasteiger partial charge >= 0.3 is 5.97 Å². The number of ketones is 2. The van der Waals surface area contributed by atoms with Crippen LogP contribution in [0.25, 0.3) is 0 Å². The van der Waals surface area contributed by atoms with Crippen LogP contribution in [0.15, 0.2) is 23.8 Å². The molecule has 1 unspecified atom stereocenters. The van der Waals surface area contributed by atoms with E-state index in [2.05, 4.69) is 25.7 Å². The van der Waals surface area contributed by atoms with Crippen molar-refractivity contribution in [2.24, 2.45) is 33.5 Å². The monoisotopic (exact) mass is 549 g/mol. The number of halogens is 2. The number of allylic oxidation sites excluding steroid dienone is 4. The predicted octanol–water partition coefficient (Wildman–Crippen LogP) is 4.79. The first-order valence-corrected chi connectivity index (χ1v) is 14.2. The van der Waals surface area contributed by atoms with Gasteiger partial charge in [0.15, 0.2) is 23.8 Å². The molecule has 0 aromatic carbocycles. The lowest BCUT2D eigenvalue weighted by atomic mass is 9.43. The predicted molar refractivity (Wildman–Crippen MR) is 144 cm³/mol. The molecule has 4 rings (SSSR count). The summed E-state index contributed by atoms with van der Waals surface area (Å²) in [7, 11) is 1.96. The third-order valence-electron chi connectivity index (χ3n) is 10.7. The maximum absolute atomic E-state index is 17.5. The number of aliphatic hydroxyl groups is 1. The Hall–Kier alpha value is -1.93. The number of ether oxygens (including phenoxy) is 1. The molecule has 0 aromatic heterocycles. The Kier molecular flexibility index (Phi) is 7.60. The molecule has 0 amide bonds. The number of aliphatic hydroxyl groups excluding tert-OH is 1. The number of carbonyl (C=O) groups is 3. The summed E-state index contributed by atoms with van der Waals surface area (Å²) >= 11 is 0. The van der Waals surface area contributed by atoms with Gasteiger partial charge in [0.2, 0.25) is 0 Å². The van der Waals surface area contributed by atoms with Gasteiger partial charge in [0.1, 0.15) is 6.17 Å². The topological polar surface area (TPSA) is 83.9 Å². The van der Waals surface area contributed by atoms with Crippen molar-refractivity contribution in [3.05, 3.63) is 23.8 Å². The minimum absolute atomic E-state index is 0.0190. The molecule has 4 aliphatic rings. The average Bonchev–Trinajstić information content (AvgIpc) is 3.11. The van der Waals surface area contributed by atoms with Gasteiger partial charge in [-0.25, -0.2) is 8.78 Å². The van der Waals surface area contributed by atoms with Crippen LogP contribution in [0.4, 0.5) is 8.78 Å². The zero-order valence-electron chi connectivity index (χ0n) is 24.5. The fraction of sp³-hybridized carbons (Fsp3) is 0.774. The normalized spacial score (nSPS) is 41.5. The average molecular weight is 550 g/mol. The lowest BCUT2D eigenvalue weighted by Crippen LogP contribution is -2.70. The zero-order chi connectivity index (χ0) is 29.2. The van der Waals surface area contributed by atoms with E-state index < -0.39 is 46.1 Å². The van der Waals surface area contributed by atoms with E-state index in [0.29, 0.717) is 19.4 Å². The van der Waals surface area contributed by atoms with Crippen molar-refractivity contribution in [2.45, 2.75) is 91.6 Å². The van der Waals surface area contributed by atoms with E-state index in [1.54, 1.807) is 6.92 Å². The van der Waals surface area contributed by atoms with E-state index in [1.807, 2.05) is 14.0 Å². The minimum atomic E-state index is -2.18. The van der Waals surface area contributed by atoms with Crippen molar-refractivity contribution in [3.63, 3.8) is 0 Å². The van der Waals surface area contributed by atoms with Crippen LogP contribution in [0, 0.1) is 33.5 Å². The Labute approximate surface area is 231 Å². The molecule has 218 valence electrons. The molecule has 3 saturated carbocycles. The fourth-order valence-corrected chi connectivity index (χ4v) is 8.50. The Morgan fingerprint density at radius 3 is 2.51 bits per heavy atom. The van der Waals surface area contributed by atoms with Crippen molar-refractivity contribution < 1.29 is 33.0 Å². The van der Waals surface area contributed by atoms with E-state index >= 15 is 8.78 Å². The van der Waals surface area contributed by atoms with E-state index in [9.17, 15) is 19.5 Å². The summed E-state index contributed by atoms with van der Waals surface area (Å²) in [5.41, 5.74) is -5.30. The number of carbonyl (C=O) groups excluding carboxylic acids is 3. The maximum Gasteiger partial charge on any atom is 0.303 e. The van der Waals surface area contributed by atoms with Crippen LogP contribution in [0.5, 0.6) is 0 Å². The molecule has 0 aromatic rings. The lowest BCUT2D eigenvalue weighted by Gasteiger charge is -2.63. The molecule has 0 radical (unpaired) electrons. The van der Waals surface area contributed by atoms with Gasteiger partial charge in [0.05, 0.1) is 11.5 Å². The second-order valence-corrected chi connectivity index (χ2v) is 14.2. The van der Waals surface area contributed by atoms with Gasteiger partial charge in [-0.05, 0) is 87.1 Å². The summed E-state index contributed by atoms with van der Waals surface area (Å²) < 4.78 is 38.4. The first-order chi connectivity index (χ1) is 17.9. The number of Topliss-reactive ketones (excluding diaryl/α,β-unsaturated/α-hetero) is 1. The van der Waals surface area contributed by atoms with Crippen LogP contribution in [0.1, 0.15) is 73.6 Å². The van der Waals surface area contributed by atoms with Crippen molar-refractivity contribution in [3.8, 4) is 0 Å². The number of nitrogens with zero attached hydrogens (tertiary/aromatic N) is 1. The second-order valence-electron chi connectivity index (χ2n) is 14.2. The molecule has 0 saturated heterocycles. The lowest BCUT2D eigenvalue weighted by molar-refractivity contribution is -0.213.